The maximum atomic E-state index is 12.9. The fourth-order valence-corrected chi connectivity index (χ4v) is 3.65. The molecular formula is C20H21N3O4. The van der Waals surface area contributed by atoms with Gasteiger partial charge in [-0.05, 0) is 43.5 Å². The molecule has 1 aromatic carbocycles. The summed E-state index contributed by atoms with van der Waals surface area (Å²) in [6.45, 7) is 4.15. The van der Waals surface area contributed by atoms with Crippen molar-refractivity contribution in [3.8, 4) is 0 Å². The first-order valence-electron chi connectivity index (χ1n) is 8.94. The Morgan fingerprint density at radius 3 is 2.63 bits per heavy atom. The third kappa shape index (κ3) is 2.89. The first-order valence-corrected chi connectivity index (χ1v) is 8.94. The summed E-state index contributed by atoms with van der Waals surface area (Å²) in [6, 6.07) is 10.8. The van der Waals surface area contributed by atoms with Gasteiger partial charge in [0.25, 0.3) is 5.91 Å². The van der Waals surface area contributed by atoms with Crippen molar-refractivity contribution in [2.24, 2.45) is 0 Å². The molecule has 0 spiro atoms. The number of hydrogen-bond donors (Lipinski definition) is 1. The van der Waals surface area contributed by atoms with Crippen molar-refractivity contribution in [3.05, 3.63) is 59.0 Å². The molecule has 1 aromatic heterocycles. The largest absolute Gasteiger partial charge is 0.463 e. The number of aryl methyl sites for hydroxylation is 1. The molecule has 4 amide bonds. The van der Waals surface area contributed by atoms with Crippen LogP contribution in [0.25, 0.3) is 0 Å². The molecule has 1 atom stereocenters. The number of hydrogen-bond acceptors (Lipinski definition) is 4. The highest BCUT2D eigenvalue weighted by Crippen LogP contribution is 2.30. The number of benzene rings is 1. The zero-order valence-electron chi connectivity index (χ0n) is 15.3. The molecule has 1 unspecified atom stereocenters. The van der Waals surface area contributed by atoms with Crippen molar-refractivity contribution >= 4 is 17.8 Å². The molecule has 7 nitrogen and oxygen atoms in total. The number of imide groups is 1. The van der Waals surface area contributed by atoms with Gasteiger partial charge in [0.05, 0.1) is 0 Å². The lowest BCUT2D eigenvalue weighted by atomic mass is 9.99. The van der Waals surface area contributed by atoms with Crippen LogP contribution in [-0.2, 0) is 28.1 Å². The molecule has 2 aliphatic heterocycles. The SMILES string of the molecule is Cc1ccc(C2(C)NC(=O)N(CC(=O)N3CCc4ccccc4C3)C2=O)o1. The van der Waals surface area contributed by atoms with Crippen molar-refractivity contribution in [1.29, 1.82) is 0 Å². The van der Waals surface area contributed by atoms with E-state index in [-0.39, 0.29) is 12.5 Å². The minimum absolute atomic E-state index is 0.243. The first kappa shape index (κ1) is 17.3. The molecular weight excluding hydrogens is 346 g/mol. The zero-order valence-corrected chi connectivity index (χ0v) is 15.3. The van der Waals surface area contributed by atoms with Crippen LogP contribution < -0.4 is 5.32 Å². The van der Waals surface area contributed by atoms with Gasteiger partial charge in [0.2, 0.25) is 5.91 Å². The Kier molecular flexibility index (Phi) is 4.02. The lowest BCUT2D eigenvalue weighted by Gasteiger charge is -2.30. The summed E-state index contributed by atoms with van der Waals surface area (Å²) in [5, 5.41) is 2.66. The third-order valence-corrected chi connectivity index (χ3v) is 5.28. The predicted molar refractivity (Wildman–Crippen MR) is 96.6 cm³/mol. The lowest BCUT2D eigenvalue weighted by molar-refractivity contribution is -0.139. The third-order valence-electron chi connectivity index (χ3n) is 5.28. The molecule has 0 bridgehead atoms. The maximum absolute atomic E-state index is 12.9. The van der Waals surface area contributed by atoms with E-state index in [9.17, 15) is 14.4 Å². The Bertz CT molecular complexity index is 935. The summed E-state index contributed by atoms with van der Waals surface area (Å²) in [6.07, 6.45) is 0.769. The Balaban J connectivity index is 1.49. The molecule has 2 aliphatic rings. The minimum Gasteiger partial charge on any atom is -0.463 e. The Hall–Kier alpha value is -3.09. The number of fused-ring (bicyclic) bond motifs is 1. The average Bonchev–Trinajstić information content (AvgIpc) is 3.19. The molecule has 2 aromatic rings. The summed E-state index contributed by atoms with van der Waals surface area (Å²) in [4.78, 5) is 40.7. The smallest absolute Gasteiger partial charge is 0.325 e. The van der Waals surface area contributed by atoms with E-state index >= 15 is 0 Å². The Morgan fingerprint density at radius 1 is 1.19 bits per heavy atom. The van der Waals surface area contributed by atoms with Crippen LogP contribution in [-0.4, -0.2) is 40.7 Å². The van der Waals surface area contributed by atoms with Crippen LogP contribution >= 0.6 is 0 Å². The second kappa shape index (κ2) is 6.26. The first-order chi connectivity index (χ1) is 12.9. The summed E-state index contributed by atoms with van der Waals surface area (Å²) in [7, 11) is 0. The second-order valence-electron chi connectivity index (χ2n) is 7.19. The molecule has 4 rings (SSSR count). The van der Waals surface area contributed by atoms with Crippen molar-refractivity contribution in [2.75, 3.05) is 13.1 Å². The van der Waals surface area contributed by atoms with Crippen molar-refractivity contribution in [1.82, 2.24) is 15.1 Å². The van der Waals surface area contributed by atoms with E-state index in [1.807, 2.05) is 18.2 Å². The number of nitrogens with one attached hydrogen (secondary N) is 1. The van der Waals surface area contributed by atoms with Crippen molar-refractivity contribution in [2.45, 2.75) is 32.4 Å². The van der Waals surface area contributed by atoms with E-state index < -0.39 is 17.5 Å². The van der Waals surface area contributed by atoms with E-state index in [2.05, 4.69) is 11.4 Å². The van der Waals surface area contributed by atoms with Gasteiger partial charge in [-0.25, -0.2) is 4.79 Å². The molecule has 0 radical (unpaired) electrons. The fraction of sp³-hybridized carbons (Fsp3) is 0.350. The fourth-order valence-electron chi connectivity index (χ4n) is 3.65. The van der Waals surface area contributed by atoms with Gasteiger partial charge in [-0.3, -0.25) is 14.5 Å². The molecule has 3 heterocycles. The van der Waals surface area contributed by atoms with Crippen LogP contribution in [0.1, 0.15) is 29.6 Å². The molecule has 1 N–H and O–H groups in total. The molecule has 140 valence electrons. The van der Waals surface area contributed by atoms with E-state index in [1.165, 1.54) is 5.56 Å². The predicted octanol–water partition coefficient (Wildman–Crippen LogP) is 1.94. The number of nitrogens with zero attached hydrogens (tertiary/aromatic N) is 2. The van der Waals surface area contributed by atoms with Gasteiger partial charge in [0.1, 0.15) is 18.1 Å². The number of carbonyl (C=O) groups excluding carboxylic acids is 3. The quantitative estimate of drug-likeness (QED) is 0.841. The lowest BCUT2D eigenvalue weighted by Crippen LogP contribution is -2.45. The van der Waals surface area contributed by atoms with Gasteiger partial charge >= 0.3 is 6.03 Å². The van der Waals surface area contributed by atoms with E-state index in [0.717, 1.165) is 16.9 Å². The molecule has 0 aliphatic carbocycles. The summed E-state index contributed by atoms with van der Waals surface area (Å²) in [5.74, 6) is 0.287. The average molecular weight is 367 g/mol. The van der Waals surface area contributed by atoms with E-state index in [0.29, 0.717) is 24.6 Å². The summed E-state index contributed by atoms with van der Waals surface area (Å²) >= 11 is 0. The normalized spacial score (nSPS) is 22.0. The van der Waals surface area contributed by atoms with Crippen LogP contribution in [0.5, 0.6) is 0 Å². The van der Waals surface area contributed by atoms with Gasteiger partial charge in [-0.2, -0.15) is 0 Å². The zero-order chi connectivity index (χ0) is 19.2. The van der Waals surface area contributed by atoms with Gasteiger partial charge in [0.15, 0.2) is 5.54 Å². The van der Waals surface area contributed by atoms with Gasteiger partial charge < -0.3 is 14.6 Å². The van der Waals surface area contributed by atoms with Crippen LogP contribution in [0.2, 0.25) is 0 Å². The number of amides is 4. The summed E-state index contributed by atoms with van der Waals surface area (Å²) < 4.78 is 5.54. The number of furan rings is 1. The molecule has 27 heavy (non-hydrogen) atoms. The second-order valence-corrected chi connectivity index (χ2v) is 7.19. The Labute approximate surface area is 156 Å². The standard InChI is InChI=1S/C20H21N3O4/c1-13-7-8-16(27-13)20(2)18(25)23(19(26)21-20)12-17(24)22-10-9-14-5-3-4-6-15(14)11-22/h3-8H,9-12H2,1-2H3,(H,21,26). The highest BCUT2D eigenvalue weighted by molar-refractivity contribution is 6.08. The van der Waals surface area contributed by atoms with Gasteiger partial charge in [-0.1, -0.05) is 24.3 Å². The molecule has 1 saturated heterocycles. The van der Waals surface area contributed by atoms with Crippen LogP contribution in [0.4, 0.5) is 4.79 Å². The van der Waals surface area contributed by atoms with Crippen LogP contribution in [0.3, 0.4) is 0 Å². The highest BCUT2D eigenvalue weighted by atomic mass is 16.3. The number of carbonyl (C=O) groups is 3. The highest BCUT2D eigenvalue weighted by Gasteiger charge is 2.51. The van der Waals surface area contributed by atoms with Crippen LogP contribution in [0, 0.1) is 6.92 Å². The molecule has 7 heteroatoms. The van der Waals surface area contributed by atoms with Gasteiger partial charge in [0, 0.05) is 13.1 Å². The van der Waals surface area contributed by atoms with E-state index in [1.54, 1.807) is 30.9 Å². The monoisotopic (exact) mass is 367 g/mol. The maximum Gasteiger partial charge on any atom is 0.325 e. The molecule has 0 saturated carbocycles. The van der Waals surface area contributed by atoms with Gasteiger partial charge in [-0.15, -0.1) is 0 Å². The minimum atomic E-state index is -1.29. The number of urea groups is 1. The topological polar surface area (TPSA) is 82.9 Å². The van der Waals surface area contributed by atoms with Crippen molar-refractivity contribution in [3.63, 3.8) is 0 Å². The number of rotatable bonds is 3. The Morgan fingerprint density at radius 2 is 1.93 bits per heavy atom. The van der Waals surface area contributed by atoms with Crippen molar-refractivity contribution < 1.29 is 18.8 Å². The summed E-state index contributed by atoms with van der Waals surface area (Å²) in [5.41, 5.74) is 1.04. The van der Waals surface area contributed by atoms with Crippen LogP contribution in [0.15, 0.2) is 40.8 Å². The molecule has 1 fully saturated rings. The van der Waals surface area contributed by atoms with E-state index in [4.69, 9.17) is 4.42 Å².